The van der Waals surface area contributed by atoms with Crippen molar-refractivity contribution in [3.05, 3.63) is 94.5 Å². The molecule has 32 heavy (non-hydrogen) atoms. The Morgan fingerprint density at radius 1 is 0.875 bits per heavy atom. The van der Waals surface area contributed by atoms with Crippen LogP contribution in [-0.4, -0.2) is 18.9 Å². The van der Waals surface area contributed by atoms with Crippen molar-refractivity contribution in [3.63, 3.8) is 0 Å². The van der Waals surface area contributed by atoms with E-state index < -0.39 is 0 Å². The van der Waals surface area contributed by atoms with Crippen molar-refractivity contribution < 1.29 is 14.3 Å². The minimum Gasteiger partial charge on any atom is -0.496 e. The first-order valence-corrected chi connectivity index (χ1v) is 10.6. The molecule has 3 rings (SSSR count). The molecular formula is C26H31N3O3. The molecule has 4 N–H and O–H groups in total. The minimum absolute atomic E-state index is 0.205. The Kier molecular flexibility index (Phi) is 9.44. The fraction of sp³-hybridized carbons (Fsp3) is 0.231. The van der Waals surface area contributed by atoms with Gasteiger partial charge in [0.25, 0.3) is 11.8 Å². The molecule has 0 fully saturated rings. The van der Waals surface area contributed by atoms with E-state index in [-0.39, 0.29) is 11.8 Å². The zero-order valence-corrected chi connectivity index (χ0v) is 19.1. The average Bonchev–Trinajstić information content (AvgIpc) is 2.84. The topological polar surface area (TPSA) is 93.4 Å². The fourth-order valence-corrected chi connectivity index (χ4v) is 3.00. The summed E-state index contributed by atoms with van der Waals surface area (Å²) in [4.78, 5) is 25.0. The van der Waals surface area contributed by atoms with E-state index in [4.69, 9.17) is 10.5 Å². The summed E-state index contributed by atoms with van der Waals surface area (Å²) in [7, 11) is 1.58. The second-order valence-electron chi connectivity index (χ2n) is 6.92. The summed E-state index contributed by atoms with van der Waals surface area (Å²) in [6, 6.07) is 19.9. The van der Waals surface area contributed by atoms with Gasteiger partial charge in [0, 0.05) is 29.9 Å². The van der Waals surface area contributed by atoms with Crippen molar-refractivity contribution in [3.8, 4) is 5.75 Å². The second kappa shape index (κ2) is 12.3. The maximum Gasteiger partial charge on any atom is 0.255 e. The molecule has 0 aliphatic carbocycles. The number of rotatable bonds is 7. The number of carbonyl (C=O) groups excluding carboxylic acids is 2. The summed E-state index contributed by atoms with van der Waals surface area (Å²) in [5.74, 6) is 0.246. The molecule has 6 nitrogen and oxygen atoms in total. The number of nitrogens with one attached hydrogen (secondary N) is 2. The maximum atomic E-state index is 12.5. The van der Waals surface area contributed by atoms with E-state index in [1.54, 1.807) is 37.4 Å². The monoisotopic (exact) mass is 433 g/mol. The summed E-state index contributed by atoms with van der Waals surface area (Å²) < 4.78 is 5.27. The van der Waals surface area contributed by atoms with E-state index in [2.05, 4.69) is 10.6 Å². The normalized spacial score (nSPS) is 9.91. The Hall–Kier alpha value is -3.64. The van der Waals surface area contributed by atoms with E-state index in [0.29, 0.717) is 35.7 Å². The molecule has 3 aromatic rings. The van der Waals surface area contributed by atoms with Gasteiger partial charge in [-0.2, -0.15) is 0 Å². The second-order valence-corrected chi connectivity index (χ2v) is 6.92. The van der Waals surface area contributed by atoms with Gasteiger partial charge < -0.3 is 21.1 Å². The standard InChI is InChI=1S/C24H25N3O3.C2H6/c1-16-6-9-20(13-22(16)30-2)23(28)26-15-18-4-3-5-19(12-18)24(29)27-21-10-7-17(14-25)8-11-21;1-2/h3-13H,14-15,25H2,1-2H3,(H,26,28)(H,27,29);1-2H3. The zero-order valence-electron chi connectivity index (χ0n) is 19.1. The molecule has 0 bridgehead atoms. The fourth-order valence-electron chi connectivity index (χ4n) is 3.00. The van der Waals surface area contributed by atoms with Crippen LogP contribution in [0.2, 0.25) is 0 Å². The third-order valence-corrected chi connectivity index (χ3v) is 4.76. The summed E-state index contributed by atoms with van der Waals surface area (Å²) in [6.07, 6.45) is 0. The molecule has 0 aliphatic heterocycles. The van der Waals surface area contributed by atoms with Crippen molar-refractivity contribution in [1.29, 1.82) is 0 Å². The summed E-state index contributed by atoms with van der Waals surface area (Å²) in [5, 5.41) is 5.74. The van der Waals surface area contributed by atoms with Crippen LogP contribution in [0.4, 0.5) is 5.69 Å². The average molecular weight is 434 g/mol. The molecule has 3 aromatic carbocycles. The van der Waals surface area contributed by atoms with Gasteiger partial charge in [0.15, 0.2) is 0 Å². The highest BCUT2D eigenvalue weighted by Gasteiger charge is 2.10. The maximum absolute atomic E-state index is 12.5. The van der Waals surface area contributed by atoms with E-state index in [0.717, 1.165) is 16.7 Å². The van der Waals surface area contributed by atoms with Gasteiger partial charge in [-0.1, -0.05) is 44.2 Å². The first-order valence-electron chi connectivity index (χ1n) is 10.6. The van der Waals surface area contributed by atoms with Crippen LogP contribution in [0.15, 0.2) is 66.7 Å². The Morgan fingerprint density at radius 3 is 2.22 bits per heavy atom. The van der Waals surface area contributed by atoms with E-state index in [9.17, 15) is 9.59 Å². The Morgan fingerprint density at radius 2 is 1.56 bits per heavy atom. The van der Waals surface area contributed by atoms with Crippen LogP contribution in [0, 0.1) is 6.92 Å². The summed E-state index contributed by atoms with van der Waals surface area (Å²) in [6.45, 7) is 6.68. The zero-order chi connectivity index (χ0) is 23.5. The lowest BCUT2D eigenvalue weighted by Crippen LogP contribution is -2.23. The number of benzene rings is 3. The highest BCUT2D eigenvalue weighted by molar-refractivity contribution is 6.04. The van der Waals surface area contributed by atoms with Gasteiger partial charge in [-0.25, -0.2) is 0 Å². The smallest absolute Gasteiger partial charge is 0.255 e. The third-order valence-electron chi connectivity index (χ3n) is 4.76. The van der Waals surface area contributed by atoms with Gasteiger partial charge in [0.2, 0.25) is 0 Å². The number of aryl methyl sites for hydroxylation is 1. The van der Waals surface area contributed by atoms with Gasteiger partial charge in [0.1, 0.15) is 5.75 Å². The van der Waals surface area contributed by atoms with Crippen molar-refractivity contribution in [2.75, 3.05) is 12.4 Å². The van der Waals surface area contributed by atoms with Crippen LogP contribution >= 0.6 is 0 Å². The molecule has 0 atom stereocenters. The van der Waals surface area contributed by atoms with Gasteiger partial charge in [-0.3, -0.25) is 9.59 Å². The molecule has 0 saturated carbocycles. The van der Waals surface area contributed by atoms with Crippen LogP contribution in [0.5, 0.6) is 5.75 Å². The van der Waals surface area contributed by atoms with Crippen molar-refractivity contribution in [2.45, 2.75) is 33.9 Å². The molecule has 0 radical (unpaired) electrons. The molecule has 0 aromatic heterocycles. The Balaban J connectivity index is 0.00000176. The lowest BCUT2D eigenvalue weighted by Gasteiger charge is -2.10. The van der Waals surface area contributed by atoms with Crippen molar-refractivity contribution >= 4 is 17.5 Å². The molecule has 168 valence electrons. The van der Waals surface area contributed by atoms with Gasteiger partial charge >= 0.3 is 0 Å². The largest absolute Gasteiger partial charge is 0.496 e. The SMILES string of the molecule is CC.COc1cc(C(=O)NCc2cccc(C(=O)Nc3ccc(CN)cc3)c2)ccc1C. The van der Waals surface area contributed by atoms with Crippen LogP contribution in [0.1, 0.15) is 51.3 Å². The van der Waals surface area contributed by atoms with Crippen LogP contribution in [0.25, 0.3) is 0 Å². The molecule has 0 heterocycles. The van der Waals surface area contributed by atoms with Gasteiger partial charge in [-0.15, -0.1) is 0 Å². The van der Waals surface area contributed by atoms with E-state index in [1.807, 2.05) is 57.2 Å². The lowest BCUT2D eigenvalue weighted by atomic mass is 10.1. The predicted octanol–water partition coefficient (Wildman–Crippen LogP) is 4.67. The molecule has 0 unspecified atom stereocenters. The van der Waals surface area contributed by atoms with Crippen LogP contribution in [-0.2, 0) is 13.1 Å². The third kappa shape index (κ3) is 6.68. The summed E-state index contributed by atoms with van der Waals surface area (Å²) >= 11 is 0. The van der Waals surface area contributed by atoms with E-state index >= 15 is 0 Å². The molecule has 0 saturated heterocycles. The van der Waals surface area contributed by atoms with Gasteiger partial charge in [-0.05, 0) is 60.0 Å². The van der Waals surface area contributed by atoms with Crippen molar-refractivity contribution in [2.24, 2.45) is 5.73 Å². The number of ether oxygens (including phenoxy) is 1. The van der Waals surface area contributed by atoms with Crippen LogP contribution in [0.3, 0.4) is 0 Å². The van der Waals surface area contributed by atoms with Crippen molar-refractivity contribution in [1.82, 2.24) is 5.32 Å². The highest BCUT2D eigenvalue weighted by atomic mass is 16.5. The first kappa shape index (κ1) is 24.6. The highest BCUT2D eigenvalue weighted by Crippen LogP contribution is 2.19. The number of hydrogen-bond donors (Lipinski definition) is 3. The number of hydrogen-bond acceptors (Lipinski definition) is 4. The molecule has 0 spiro atoms. The molecule has 0 aliphatic rings. The minimum atomic E-state index is -0.216. The quantitative estimate of drug-likeness (QED) is 0.505. The predicted molar refractivity (Wildman–Crippen MR) is 129 cm³/mol. The Bertz CT molecular complexity index is 1050. The molecule has 6 heteroatoms. The first-order chi connectivity index (χ1) is 15.5. The Labute approximate surface area is 189 Å². The number of methoxy groups -OCH3 is 1. The number of nitrogens with two attached hydrogens (primary N) is 1. The number of amides is 2. The molecule has 2 amide bonds. The number of carbonyl (C=O) groups is 2. The van der Waals surface area contributed by atoms with E-state index in [1.165, 1.54) is 0 Å². The van der Waals surface area contributed by atoms with Crippen LogP contribution < -0.4 is 21.1 Å². The molecular weight excluding hydrogens is 402 g/mol. The summed E-state index contributed by atoms with van der Waals surface area (Å²) in [5.41, 5.74) is 10.1. The number of anilines is 1. The lowest BCUT2D eigenvalue weighted by molar-refractivity contribution is 0.0950. The van der Waals surface area contributed by atoms with Gasteiger partial charge in [0.05, 0.1) is 7.11 Å².